The third-order valence-electron chi connectivity index (χ3n) is 5.98. The number of carbonyl (C=O) groups is 2. The minimum Gasteiger partial charge on any atom is -0.510 e. The number of amides is 1. The van der Waals surface area contributed by atoms with Crippen LogP contribution >= 0.6 is 0 Å². The molecule has 0 fully saturated rings. The molecule has 3 aromatic rings. The lowest BCUT2D eigenvalue weighted by molar-refractivity contribution is -0.140. The van der Waals surface area contributed by atoms with E-state index < -0.39 is 12.0 Å². The van der Waals surface area contributed by atoms with E-state index in [0.717, 1.165) is 27.7 Å². The predicted molar refractivity (Wildman–Crippen MR) is 123 cm³/mol. The van der Waals surface area contributed by atoms with Gasteiger partial charge in [-0.15, -0.1) is 0 Å². The quantitative estimate of drug-likeness (QED) is 0.484. The predicted octanol–water partition coefficient (Wildman–Crippen LogP) is 4.37. The zero-order chi connectivity index (χ0) is 22.8. The van der Waals surface area contributed by atoms with Gasteiger partial charge in [0.1, 0.15) is 5.76 Å². The van der Waals surface area contributed by atoms with Crippen LogP contribution in [-0.4, -0.2) is 34.6 Å². The van der Waals surface area contributed by atoms with E-state index in [-0.39, 0.29) is 30.2 Å². The number of H-pyrrole nitrogens is 1. The summed E-state index contributed by atoms with van der Waals surface area (Å²) in [6.07, 6.45) is 0.492. The molecule has 6 nitrogen and oxygen atoms in total. The molecule has 2 aromatic carbocycles. The normalized spacial score (nSPS) is 17.1. The van der Waals surface area contributed by atoms with Crippen molar-refractivity contribution in [2.45, 2.75) is 39.2 Å². The molecule has 1 aliphatic heterocycles. The molecule has 3 N–H and O–H groups in total. The van der Waals surface area contributed by atoms with Crippen molar-refractivity contribution in [3.63, 3.8) is 0 Å². The monoisotopic (exact) mass is 432 g/mol. The van der Waals surface area contributed by atoms with E-state index in [2.05, 4.69) is 10.3 Å². The van der Waals surface area contributed by atoms with E-state index in [1.54, 1.807) is 0 Å². The Kier molecular flexibility index (Phi) is 6.04. The maximum Gasteiger partial charge on any atom is 0.302 e. The lowest BCUT2D eigenvalue weighted by Crippen LogP contribution is -2.33. The number of benzene rings is 2. The minimum absolute atomic E-state index is 0.0547. The summed E-state index contributed by atoms with van der Waals surface area (Å²) in [7, 11) is 0. The number of aliphatic hydroxyl groups is 1. The lowest BCUT2D eigenvalue weighted by atomic mass is 9.84. The fourth-order valence-electron chi connectivity index (χ4n) is 4.49. The van der Waals surface area contributed by atoms with Crippen LogP contribution in [0.2, 0.25) is 0 Å². The van der Waals surface area contributed by atoms with E-state index in [9.17, 15) is 14.7 Å². The molecule has 1 aliphatic rings. The van der Waals surface area contributed by atoms with Gasteiger partial charge in [-0.3, -0.25) is 9.59 Å². The number of hydrogen-bond acceptors (Lipinski definition) is 4. The fourth-order valence-corrected chi connectivity index (χ4v) is 4.49. The van der Waals surface area contributed by atoms with Gasteiger partial charge in [-0.05, 0) is 23.1 Å². The third-order valence-corrected chi connectivity index (χ3v) is 5.98. The van der Waals surface area contributed by atoms with Gasteiger partial charge in [0.05, 0.1) is 24.1 Å². The first-order chi connectivity index (χ1) is 15.4. The van der Waals surface area contributed by atoms with Gasteiger partial charge in [-0.2, -0.15) is 0 Å². The average molecular weight is 433 g/mol. The van der Waals surface area contributed by atoms with Crippen LogP contribution in [0.5, 0.6) is 0 Å². The Hall–Kier alpha value is -3.54. The van der Waals surface area contributed by atoms with Crippen LogP contribution in [0.1, 0.15) is 43.5 Å². The highest BCUT2D eigenvalue weighted by molar-refractivity contribution is 6.00. The van der Waals surface area contributed by atoms with E-state index in [4.69, 9.17) is 4.74 Å². The van der Waals surface area contributed by atoms with Crippen molar-refractivity contribution in [1.82, 2.24) is 10.3 Å². The molecule has 0 aliphatic carbocycles. The van der Waals surface area contributed by atoms with E-state index in [1.165, 1.54) is 6.92 Å². The maximum absolute atomic E-state index is 13.1. The smallest absolute Gasteiger partial charge is 0.302 e. The SMILES string of the molecule is CC(=O)OCCc1c(C(C2=C(O)C(C(C)C)NC2=O)c2ccccc2)[nH]c2ccccc12. The Labute approximate surface area is 187 Å². The minimum atomic E-state index is -0.486. The largest absolute Gasteiger partial charge is 0.510 e. The van der Waals surface area contributed by atoms with Gasteiger partial charge < -0.3 is 20.1 Å². The number of hydrogen-bond donors (Lipinski definition) is 3. The molecular weight excluding hydrogens is 404 g/mol. The highest BCUT2D eigenvalue weighted by atomic mass is 16.5. The van der Waals surface area contributed by atoms with Crippen molar-refractivity contribution in [2.75, 3.05) is 6.61 Å². The molecule has 2 atom stereocenters. The van der Waals surface area contributed by atoms with E-state index in [1.807, 2.05) is 68.4 Å². The molecule has 0 saturated heterocycles. The Morgan fingerprint density at radius 1 is 1.09 bits per heavy atom. The first kappa shape index (κ1) is 21.7. The Morgan fingerprint density at radius 2 is 1.78 bits per heavy atom. The van der Waals surface area contributed by atoms with Crippen LogP contribution in [0.4, 0.5) is 0 Å². The van der Waals surface area contributed by atoms with Crippen molar-refractivity contribution in [1.29, 1.82) is 0 Å². The number of aromatic amines is 1. The van der Waals surface area contributed by atoms with Crippen molar-refractivity contribution in [3.05, 3.63) is 82.8 Å². The molecule has 2 heterocycles. The maximum atomic E-state index is 13.1. The molecule has 166 valence electrons. The van der Waals surface area contributed by atoms with E-state index >= 15 is 0 Å². The molecule has 0 saturated carbocycles. The zero-order valence-electron chi connectivity index (χ0n) is 18.5. The van der Waals surface area contributed by atoms with Crippen LogP contribution in [0.15, 0.2) is 65.9 Å². The lowest BCUT2D eigenvalue weighted by Gasteiger charge is -2.20. The molecular formula is C26H28N2O4. The molecule has 0 radical (unpaired) electrons. The number of aliphatic hydroxyl groups excluding tert-OH is 1. The summed E-state index contributed by atoms with van der Waals surface area (Å²) in [4.78, 5) is 28.0. The van der Waals surface area contributed by atoms with Gasteiger partial charge in [0, 0.05) is 29.9 Å². The number of ether oxygens (including phenoxy) is 1. The van der Waals surface area contributed by atoms with Crippen LogP contribution < -0.4 is 5.32 Å². The second-order valence-electron chi connectivity index (χ2n) is 8.49. The van der Waals surface area contributed by atoms with Crippen LogP contribution in [0.3, 0.4) is 0 Å². The van der Waals surface area contributed by atoms with Gasteiger partial charge in [-0.1, -0.05) is 62.4 Å². The van der Waals surface area contributed by atoms with Crippen molar-refractivity contribution < 1.29 is 19.4 Å². The standard InChI is InChI=1S/C26H28N2O4/c1-15(2)23-25(30)22(26(31)28-23)21(17-9-5-4-6-10-17)24-19(13-14-32-16(3)29)18-11-7-8-12-20(18)27-24/h4-12,15,21,23,27,30H,13-14H2,1-3H3,(H,28,31). The van der Waals surface area contributed by atoms with Crippen molar-refractivity contribution in [2.24, 2.45) is 5.92 Å². The highest BCUT2D eigenvalue weighted by Crippen LogP contribution is 2.40. The van der Waals surface area contributed by atoms with Gasteiger partial charge in [0.15, 0.2) is 0 Å². The van der Waals surface area contributed by atoms with Crippen LogP contribution in [0.25, 0.3) is 10.9 Å². The molecule has 6 heteroatoms. The van der Waals surface area contributed by atoms with Gasteiger partial charge in [-0.25, -0.2) is 0 Å². The zero-order valence-corrected chi connectivity index (χ0v) is 18.5. The van der Waals surface area contributed by atoms with Gasteiger partial charge in [0.2, 0.25) is 0 Å². The average Bonchev–Trinajstić information content (AvgIpc) is 3.27. The summed E-state index contributed by atoms with van der Waals surface area (Å²) >= 11 is 0. The number of fused-ring (bicyclic) bond motifs is 1. The topological polar surface area (TPSA) is 91.4 Å². The highest BCUT2D eigenvalue weighted by Gasteiger charge is 2.40. The molecule has 0 bridgehead atoms. The molecule has 32 heavy (non-hydrogen) atoms. The van der Waals surface area contributed by atoms with Crippen LogP contribution in [-0.2, 0) is 20.7 Å². The molecule has 1 aromatic heterocycles. The summed E-state index contributed by atoms with van der Waals surface area (Å²) < 4.78 is 5.23. The summed E-state index contributed by atoms with van der Waals surface area (Å²) in [5, 5.41) is 15.1. The summed E-state index contributed by atoms with van der Waals surface area (Å²) in [6, 6.07) is 17.2. The number of para-hydroxylation sites is 1. The third kappa shape index (κ3) is 4.00. The van der Waals surface area contributed by atoms with Gasteiger partial charge in [0.25, 0.3) is 5.91 Å². The van der Waals surface area contributed by atoms with Crippen molar-refractivity contribution >= 4 is 22.8 Å². The fraction of sp³-hybridized carbons (Fsp3) is 0.308. The summed E-state index contributed by atoms with van der Waals surface area (Å²) in [5.41, 5.74) is 3.98. The number of aromatic nitrogens is 1. The van der Waals surface area contributed by atoms with Crippen LogP contribution in [0, 0.1) is 5.92 Å². The first-order valence-corrected chi connectivity index (χ1v) is 10.9. The second-order valence-corrected chi connectivity index (χ2v) is 8.49. The number of rotatable bonds is 7. The molecule has 0 spiro atoms. The second kappa shape index (κ2) is 8.91. The number of esters is 1. The first-order valence-electron chi connectivity index (χ1n) is 10.9. The molecule has 1 amide bonds. The summed E-state index contributed by atoms with van der Waals surface area (Å²) in [5.74, 6) is -0.942. The Balaban J connectivity index is 1.91. The molecule has 2 unspecified atom stereocenters. The van der Waals surface area contributed by atoms with E-state index in [0.29, 0.717) is 12.0 Å². The molecule has 4 rings (SSSR count). The number of carbonyl (C=O) groups excluding carboxylic acids is 2. The Morgan fingerprint density at radius 3 is 2.44 bits per heavy atom. The summed E-state index contributed by atoms with van der Waals surface area (Å²) in [6.45, 7) is 5.56. The Bertz CT molecular complexity index is 1180. The number of nitrogens with one attached hydrogen (secondary N) is 2. The van der Waals surface area contributed by atoms with Crippen molar-refractivity contribution in [3.8, 4) is 0 Å². The van der Waals surface area contributed by atoms with Gasteiger partial charge >= 0.3 is 5.97 Å².